The monoisotopic (exact) mass is 348 g/mol. The van der Waals surface area contributed by atoms with Crippen LogP contribution in [0.2, 0.25) is 0 Å². The van der Waals surface area contributed by atoms with Crippen LogP contribution in [-0.2, 0) is 22.7 Å². The SMILES string of the molecule is NC(=O)CSc1nnc(COc2ccccc2)n1CC1CCCO1. The Kier molecular flexibility index (Phi) is 5.71. The van der Waals surface area contributed by atoms with Gasteiger partial charge in [-0.15, -0.1) is 10.2 Å². The minimum absolute atomic E-state index is 0.143. The van der Waals surface area contributed by atoms with E-state index in [4.69, 9.17) is 15.2 Å². The molecule has 1 unspecified atom stereocenters. The zero-order valence-electron chi connectivity index (χ0n) is 13.3. The van der Waals surface area contributed by atoms with Gasteiger partial charge in [-0.05, 0) is 25.0 Å². The summed E-state index contributed by atoms with van der Waals surface area (Å²) in [6.07, 6.45) is 2.22. The summed E-state index contributed by atoms with van der Waals surface area (Å²) < 4.78 is 13.4. The zero-order chi connectivity index (χ0) is 16.8. The predicted octanol–water partition coefficient (Wildman–Crippen LogP) is 1.61. The first-order chi connectivity index (χ1) is 11.7. The number of aromatic nitrogens is 3. The third kappa shape index (κ3) is 4.48. The normalized spacial score (nSPS) is 17.1. The van der Waals surface area contributed by atoms with Crippen LogP contribution in [0.25, 0.3) is 0 Å². The Labute approximate surface area is 144 Å². The Bertz CT molecular complexity index is 671. The van der Waals surface area contributed by atoms with Gasteiger partial charge in [0.25, 0.3) is 0 Å². The summed E-state index contributed by atoms with van der Waals surface area (Å²) in [4.78, 5) is 11.0. The number of carbonyl (C=O) groups excluding carboxylic acids is 1. The van der Waals surface area contributed by atoms with Gasteiger partial charge in [0.2, 0.25) is 5.91 Å². The Balaban J connectivity index is 1.72. The summed E-state index contributed by atoms with van der Waals surface area (Å²) in [5.41, 5.74) is 5.23. The molecule has 0 spiro atoms. The molecule has 1 saturated heterocycles. The fraction of sp³-hybridized carbons (Fsp3) is 0.438. The number of hydrogen-bond acceptors (Lipinski definition) is 6. The largest absolute Gasteiger partial charge is 0.486 e. The highest BCUT2D eigenvalue weighted by Crippen LogP contribution is 2.22. The van der Waals surface area contributed by atoms with E-state index in [0.717, 1.165) is 25.2 Å². The van der Waals surface area contributed by atoms with E-state index in [1.54, 1.807) is 0 Å². The first-order valence-electron chi connectivity index (χ1n) is 7.85. The average molecular weight is 348 g/mol. The Morgan fingerprint density at radius 3 is 2.92 bits per heavy atom. The topological polar surface area (TPSA) is 92.3 Å². The maximum Gasteiger partial charge on any atom is 0.227 e. The van der Waals surface area contributed by atoms with Gasteiger partial charge >= 0.3 is 0 Å². The fourth-order valence-corrected chi connectivity index (χ4v) is 3.21. The lowest BCUT2D eigenvalue weighted by Crippen LogP contribution is -2.19. The molecule has 0 radical (unpaired) electrons. The van der Waals surface area contributed by atoms with Crippen molar-refractivity contribution in [3.63, 3.8) is 0 Å². The molecule has 1 aromatic heterocycles. The van der Waals surface area contributed by atoms with E-state index in [9.17, 15) is 4.79 Å². The number of primary amides is 1. The second kappa shape index (κ2) is 8.16. The van der Waals surface area contributed by atoms with Gasteiger partial charge in [-0.1, -0.05) is 30.0 Å². The Morgan fingerprint density at radius 2 is 2.21 bits per heavy atom. The molecule has 2 N–H and O–H groups in total. The minimum atomic E-state index is -0.381. The third-order valence-electron chi connectivity index (χ3n) is 3.66. The molecular weight excluding hydrogens is 328 g/mol. The van der Waals surface area contributed by atoms with Gasteiger partial charge in [0.15, 0.2) is 11.0 Å². The number of hydrogen-bond donors (Lipinski definition) is 1. The molecule has 0 bridgehead atoms. The highest BCUT2D eigenvalue weighted by Gasteiger charge is 2.21. The van der Waals surface area contributed by atoms with Crippen LogP contribution < -0.4 is 10.5 Å². The van der Waals surface area contributed by atoms with Crippen molar-refractivity contribution >= 4 is 17.7 Å². The average Bonchev–Trinajstić information content (AvgIpc) is 3.23. The lowest BCUT2D eigenvalue weighted by molar-refractivity contribution is -0.115. The van der Waals surface area contributed by atoms with Gasteiger partial charge in [0.05, 0.1) is 18.4 Å². The molecule has 0 aliphatic carbocycles. The number of carbonyl (C=O) groups is 1. The number of nitrogens with two attached hydrogens (primary N) is 1. The molecule has 8 heteroatoms. The van der Waals surface area contributed by atoms with Crippen molar-refractivity contribution in [1.82, 2.24) is 14.8 Å². The summed E-state index contributed by atoms with van der Waals surface area (Å²) in [5.74, 6) is 1.27. The molecule has 1 amide bonds. The van der Waals surface area contributed by atoms with Crippen LogP contribution >= 0.6 is 11.8 Å². The first kappa shape index (κ1) is 16.8. The summed E-state index contributed by atoms with van der Waals surface area (Å²) in [5, 5.41) is 9.05. The van der Waals surface area contributed by atoms with Gasteiger partial charge in [-0.3, -0.25) is 4.79 Å². The molecule has 1 aromatic carbocycles. The van der Waals surface area contributed by atoms with Crippen LogP contribution in [0.1, 0.15) is 18.7 Å². The number of rotatable bonds is 8. The molecule has 3 rings (SSSR count). The molecule has 24 heavy (non-hydrogen) atoms. The molecule has 1 fully saturated rings. The van der Waals surface area contributed by atoms with Gasteiger partial charge in [-0.2, -0.15) is 0 Å². The maximum atomic E-state index is 11.0. The standard InChI is InChI=1S/C16H20N4O3S/c17-14(21)11-24-16-19-18-15(10-23-12-5-2-1-3-6-12)20(16)9-13-7-4-8-22-13/h1-3,5-6,13H,4,7-11H2,(H2,17,21). The molecule has 1 atom stereocenters. The predicted molar refractivity (Wildman–Crippen MR) is 89.7 cm³/mol. The summed E-state index contributed by atoms with van der Waals surface area (Å²) >= 11 is 1.28. The highest BCUT2D eigenvalue weighted by atomic mass is 32.2. The van der Waals surface area contributed by atoms with Crippen LogP contribution in [-0.4, -0.2) is 39.1 Å². The minimum Gasteiger partial charge on any atom is -0.486 e. The fourth-order valence-electron chi connectivity index (χ4n) is 2.51. The van der Waals surface area contributed by atoms with Crippen LogP contribution in [0.15, 0.2) is 35.5 Å². The summed E-state index contributed by atoms with van der Waals surface area (Å²) in [6.45, 7) is 1.74. The molecule has 1 aliphatic rings. The first-order valence-corrected chi connectivity index (χ1v) is 8.83. The third-order valence-corrected chi connectivity index (χ3v) is 4.65. The van der Waals surface area contributed by atoms with Gasteiger partial charge in [0, 0.05) is 6.61 Å². The second-order valence-electron chi connectivity index (χ2n) is 5.50. The molecule has 128 valence electrons. The zero-order valence-corrected chi connectivity index (χ0v) is 14.1. The molecule has 2 aromatic rings. The van der Waals surface area contributed by atoms with E-state index in [1.165, 1.54) is 11.8 Å². The van der Waals surface area contributed by atoms with Crippen LogP contribution in [0.4, 0.5) is 0 Å². The van der Waals surface area contributed by atoms with Crippen LogP contribution in [0.3, 0.4) is 0 Å². The van der Waals surface area contributed by atoms with E-state index in [-0.39, 0.29) is 17.8 Å². The molecule has 0 saturated carbocycles. The Morgan fingerprint density at radius 1 is 1.38 bits per heavy atom. The molecule has 1 aliphatic heterocycles. The van der Waals surface area contributed by atoms with Crippen molar-refractivity contribution in [2.24, 2.45) is 5.73 Å². The smallest absolute Gasteiger partial charge is 0.227 e. The van der Waals surface area contributed by atoms with Gasteiger partial charge in [-0.25, -0.2) is 0 Å². The maximum absolute atomic E-state index is 11.0. The van der Waals surface area contributed by atoms with Crippen molar-refractivity contribution in [3.8, 4) is 5.75 Å². The van der Waals surface area contributed by atoms with Crippen molar-refractivity contribution in [1.29, 1.82) is 0 Å². The van der Waals surface area contributed by atoms with Crippen molar-refractivity contribution in [2.75, 3.05) is 12.4 Å². The van der Waals surface area contributed by atoms with Crippen molar-refractivity contribution in [3.05, 3.63) is 36.2 Å². The highest BCUT2D eigenvalue weighted by molar-refractivity contribution is 7.99. The van der Waals surface area contributed by atoms with E-state index < -0.39 is 0 Å². The summed E-state index contributed by atoms with van der Waals surface area (Å²) in [6, 6.07) is 9.56. The lowest BCUT2D eigenvalue weighted by Gasteiger charge is -2.14. The number of para-hydroxylation sites is 1. The molecule has 2 heterocycles. The van der Waals surface area contributed by atoms with Crippen LogP contribution in [0, 0.1) is 0 Å². The molecule has 7 nitrogen and oxygen atoms in total. The van der Waals surface area contributed by atoms with E-state index in [1.807, 2.05) is 34.9 Å². The lowest BCUT2D eigenvalue weighted by atomic mass is 10.2. The number of nitrogens with zero attached hydrogens (tertiary/aromatic N) is 3. The number of ether oxygens (including phenoxy) is 2. The van der Waals surface area contributed by atoms with Crippen molar-refractivity contribution in [2.45, 2.75) is 37.3 Å². The number of benzene rings is 1. The number of thioether (sulfide) groups is 1. The van der Waals surface area contributed by atoms with Gasteiger partial charge < -0.3 is 19.8 Å². The quantitative estimate of drug-likeness (QED) is 0.729. The van der Waals surface area contributed by atoms with Crippen molar-refractivity contribution < 1.29 is 14.3 Å². The van der Waals surface area contributed by atoms with Gasteiger partial charge in [0.1, 0.15) is 12.4 Å². The molecular formula is C16H20N4O3S. The number of amides is 1. The van der Waals surface area contributed by atoms with Crippen LogP contribution in [0.5, 0.6) is 5.75 Å². The summed E-state index contributed by atoms with van der Waals surface area (Å²) in [7, 11) is 0. The van der Waals surface area contributed by atoms with E-state index >= 15 is 0 Å². The Hall–Kier alpha value is -2.06. The van der Waals surface area contributed by atoms with E-state index in [2.05, 4.69) is 10.2 Å². The second-order valence-corrected chi connectivity index (χ2v) is 6.44. The van der Waals surface area contributed by atoms with E-state index in [0.29, 0.717) is 24.1 Å².